The Morgan fingerprint density at radius 1 is 1.00 bits per heavy atom. The fourth-order valence-electron chi connectivity index (χ4n) is 5.68. The van der Waals surface area contributed by atoms with Crippen molar-refractivity contribution in [1.82, 2.24) is 4.90 Å². The van der Waals surface area contributed by atoms with Crippen molar-refractivity contribution in [2.75, 3.05) is 67.5 Å². The van der Waals surface area contributed by atoms with E-state index in [0.29, 0.717) is 76.7 Å². The number of anilines is 3. The third-order valence-corrected chi connectivity index (χ3v) is 9.31. The second kappa shape index (κ2) is 9.51. The number of benzene rings is 2. The van der Waals surface area contributed by atoms with Crippen molar-refractivity contribution in [3.05, 3.63) is 47.3 Å². The van der Waals surface area contributed by atoms with Crippen molar-refractivity contribution >= 4 is 38.9 Å². The van der Waals surface area contributed by atoms with Gasteiger partial charge in [-0.15, -0.1) is 0 Å². The summed E-state index contributed by atoms with van der Waals surface area (Å²) in [6.45, 7) is 3.30. The van der Waals surface area contributed by atoms with Crippen LogP contribution < -0.4 is 14.9 Å². The second-order valence-corrected chi connectivity index (χ2v) is 11.7. The van der Waals surface area contributed by atoms with Gasteiger partial charge in [0.25, 0.3) is 15.9 Å². The zero-order chi connectivity index (χ0) is 26.5. The van der Waals surface area contributed by atoms with E-state index in [2.05, 4.69) is 10.0 Å². The van der Waals surface area contributed by atoms with Crippen molar-refractivity contribution < 1.29 is 31.9 Å². The molecule has 0 aromatic heterocycles. The maximum absolute atomic E-state index is 14.2. The Hall–Kier alpha value is -3.22. The summed E-state index contributed by atoms with van der Waals surface area (Å²) in [6, 6.07) is 6.69. The van der Waals surface area contributed by atoms with Gasteiger partial charge in [0.05, 0.1) is 54.5 Å². The summed E-state index contributed by atoms with van der Waals surface area (Å²) >= 11 is 0. The van der Waals surface area contributed by atoms with Crippen LogP contribution in [0.15, 0.2) is 35.2 Å². The Morgan fingerprint density at radius 2 is 1.68 bits per heavy atom. The molecule has 6 rings (SSSR count). The minimum atomic E-state index is -4.18. The molecule has 0 unspecified atom stereocenters. The minimum absolute atomic E-state index is 0.0742. The van der Waals surface area contributed by atoms with E-state index >= 15 is 0 Å². The van der Waals surface area contributed by atoms with E-state index in [1.54, 1.807) is 15.9 Å². The van der Waals surface area contributed by atoms with Gasteiger partial charge in [-0.05, 0) is 48.7 Å². The van der Waals surface area contributed by atoms with Crippen LogP contribution in [0, 0.1) is 5.82 Å². The van der Waals surface area contributed by atoms with Gasteiger partial charge in [-0.2, -0.15) is 0 Å². The topological polar surface area (TPSA) is 117 Å². The summed E-state index contributed by atoms with van der Waals surface area (Å²) < 4.78 is 54.9. The molecule has 0 radical (unpaired) electrons. The van der Waals surface area contributed by atoms with Crippen LogP contribution >= 0.6 is 0 Å². The highest BCUT2D eigenvalue weighted by Crippen LogP contribution is 2.53. The van der Waals surface area contributed by atoms with Crippen LogP contribution in [-0.2, 0) is 29.7 Å². The number of amides is 2. The molecule has 1 saturated carbocycles. The van der Waals surface area contributed by atoms with Gasteiger partial charge in [-0.3, -0.25) is 14.3 Å². The van der Waals surface area contributed by atoms with Crippen LogP contribution in [0.4, 0.5) is 21.5 Å². The summed E-state index contributed by atoms with van der Waals surface area (Å²) in [5.74, 6) is -1.00. The van der Waals surface area contributed by atoms with Crippen LogP contribution in [-0.4, -0.2) is 77.7 Å². The Kier molecular flexibility index (Phi) is 6.28. The van der Waals surface area contributed by atoms with Gasteiger partial charge in [0.1, 0.15) is 10.7 Å². The maximum atomic E-state index is 14.2. The van der Waals surface area contributed by atoms with E-state index in [0.717, 1.165) is 12.5 Å². The van der Waals surface area contributed by atoms with Crippen molar-refractivity contribution in [2.24, 2.45) is 0 Å². The molecule has 38 heavy (non-hydrogen) atoms. The highest BCUT2D eigenvalue weighted by molar-refractivity contribution is 7.92. The van der Waals surface area contributed by atoms with Gasteiger partial charge in [0.15, 0.2) is 0 Å². The SMILES string of the molecule is O=C(c1cc(NS(=O)(=O)c2ccc(F)cc2N2CCOCC2)cc2c1NC(=O)C21CCC1)N1CCOCC1. The largest absolute Gasteiger partial charge is 0.378 e. The molecule has 2 aromatic carbocycles. The highest BCUT2D eigenvalue weighted by atomic mass is 32.2. The van der Waals surface area contributed by atoms with Gasteiger partial charge in [0.2, 0.25) is 5.91 Å². The molecule has 10 nitrogen and oxygen atoms in total. The predicted octanol–water partition coefficient (Wildman–Crippen LogP) is 2.31. The molecule has 1 aliphatic carbocycles. The Morgan fingerprint density at radius 3 is 2.34 bits per heavy atom. The van der Waals surface area contributed by atoms with E-state index in [1.165, 1.54) is 18.2 Å². The molecule has 12 heteroatoms. The summed E-state index contributed by atoms with van der Waals surface area (Å²) in [5, 5.41) is 2.90. The smallest absolute Gasteiger partial charge is 0.263 e. The van der Waals surface area contributed by atoms with E-state index in [-0.39, 0.29) is 33.6 Å². The number of sulfonamides is 1. The zero-order valence-corrected chi connectivity index (χ0v) is 21.6. The summed E-state index contributed by atoms with van der Waals surface area (Å²) in [6.07, 6.45) is 2.13. The number of rotatable bonds is 5. The van der Waals surface area contributed by atoms with E-state index in [9.17, 15) is 22.4 Å². The van der Waals surface area contributed by atoms with Crippen molar-refractivity contribution in [3.63, 3.8) is 0 Å². The maximum Gasteiger partial charge on any atom is 0.263 e. The molecule has 202 valence electrons. The van der Waals surface area contributed by atoms with Gasteiger partial charge in [-0.1, -0.05) is 6.42 Å². The molecule has 2 N–H and O–H groups in total. The predicted molar refractivity (Wildman–Crippen MR) is 138 cm³/mol. The average Bonchev–Trinajstić information content (AvgIpc) is 3.20. The van der Waals surface area contributed by atoms with Gasteiger partial charge < -0.3 is 24.6 Å². The third kappa shape index (κ3) is 4.20. The second-order valence-electron chi connectivity index (χ2n) is 10.1. The molecular weight excluding hydrogens is 515 g/mol. The molecule has 0 atom stereocenters. The molecule has 2 saturated heterocycles. The van der Waals surface area contributed by atoms with Crippen LogP contribution in [0.1, 0.15) is 35.2 Å². The van der Waals surface area contributed by atoms with Gasteiger partial charge in [0, 0.05) is 26.2 Å². The number of fused-ring (bicyclic) bond motifs is 2. The van der Waals surface area contributed by atoms with E-state index in [1.807, 2.05) is 0 Å². The number of hydrogen-bond donors (Lipinski definition) is 2. The first-order valence-corrected chi connectivity index (χ1v) is 14.3. The number of ether oxygens (including phenoxy) is 2. The van der Waals surface area contributed by atoms with Crippen LogP contribution in [0.2, 0.25) is 0 Å². The summed E-state index contributed by atoms with van der Waals surface area (Å²) in [4.78, 5) is 29.9. The first kappa shape index (κ1) is 25.1. The van der Waals surface area contributed by atoms with Crippen LogP contribution in [0.5, 0.6) is 0 Å². The quantitative estimate of drug-likeness (QED) is 0.593. The number of nitrogens with one attached hydrogen (secondary N) is 2. The minimum Gasteiger partial charge on any atom is -0.378 e. The molecule has 2 amide bonds. The lowest BCUT2D eigenvalue weighted by Crippen LogP contribution is -2.41. The summed E-state index contributed by atoms with van der Waals surface area (Å²) in [7, 11) is -4.18. The van der Waals surface area contributed by atoms with Crippen LogP contribution in [0.3, 0.4) is 0 Å². The fourth-order valence-corrected chi connectivity index (χ4v) is 6.93. The summed E-state index contributed by atoms with van der Waals surface area (Å²) in [5.41, 5.74) is 1.00. The molecule has 3 heterocycles. The van der Waals surface area contributed by atoms with E-state index in [4.69, 9.17) is 9.47 Å². The van der Waals surface area contributed by atoms with Crippen molar-refractivity contribution in [1.29, 1.82) is 0 Å². The number of carbonyl (C=O) groups excluding carboxylic acids is 2. The van der Waals surface area contributed by atoms with Gasteiger partial charge in [-0.25, -0.2) is 12.8 Å². The first-order chi connectivity index (χ1) is 18.3. The average molecular weight is 545 g/mol. The molecule has 2 aromatic rings. The van der Waals surface area contributed by atoms with E-state index < -0.39 is 21.3 Å². The van der Waals surface area contributed by atoms with Crippen molar-refractivity contribution in [3.8, 4) is 0 Å². The number of hydrogen-bond acceptors (Lipinski definition) is 7. The lowest BCUT2D eigenvalue weighted by Gasteiger charge is -2.36. The number of halogens is 1. The number of carbonyl (C=O) groups is 2. The zero-order valence-electron chi connectivity index (χ0n) is 20.8. The third-order valence-electron chi connectivity index (χ3n) is 7.88. The van der Waals surface area contributed by atoms with Gasteiger partial charge >= 0.3 is 0 Å². The lowest BCUT2D eigenvalue weighted by molar-refractivity contribution is -0.123. The monoisotopic (exact) mass is 544 g/mol. The first-order valence-electron chi connectivity index (χ1n) is 12.8. The molecule has 4 aliphatic rings. The molecule has 3 aliphatic heterocycles. The normalized spacial score (nSPS) is 20.6. The van der Waals surface area contributed by atoms with Crippen molar-refractivity contribution in [2.45, 2.75) is 29.6 Å². The molecular formula is C26H29FN4O6S. The molecule has 3 fully saturated rings. The molecule has 1 spiro atoms. The fraction of sp³-hybridized carbons (Fsp3) is 0.462. The molecule has 0 bridgehead atoms. The number of nitrogens with zero attached hydrogens (tertiary/aromatic N) is 2. The Labute approximate surface area is 220 Å². The van der Waals surface area contributed by atoms with Crippen LogP contribution in [0.25, 0.3) is 0 Å². The Balaban J connectivity index is 1.40. The standard InChI is InChI=1S/C26H29FN4O6S/c27-17-2-3-22(21(14-17)30-6-10-36-11-7-30)38(34,35)29-18-15-19(24(32)31-8-12-37-13-9-31)23-20(16-18)26(4-1-5-26)25(33)28-23/h2-3,14-16,29H,1,4-13H2,(H,28,33). The highest BCUT2D eigenvalue weighted by Gasteiger charge is 2.52. The lowest BCUT2D eigenvalue weighted by atomic mass is 9.65. The Bertz CT molecular complexity index is 1400. The number of morpholine rings is 2.